The number of carbonyl (C=O) groups excluding carboxylic acids is 1. The maximum atomic E-state index is 12.3. The molecule has 0 radical (unpaired) electrons. The van der Waals surface area contributed by atoms with E-state index in [-0.39, 0.29) is 5.91 Å². The molecule has 0 bridgehead atoms. The van der Waals surface area contributed by atoms with Crippen LogP contribution in [0.3, 0.4) is 0 Å². The monoisotopic (exact) mass is 277 g/mol. The third kappa shape index (κ3) is 3.53. The van der Waals surface area contributed by atoms with E-state index in [9.17, 15) is 4.79 Å². The maximum Gasteiger partial charge on any atom is 0.227 e. The standard InChI is InChI=1S/C16H23NOS/c1-2-6-13(12-19)11-17-15-9-4-3-7-14(15)8-5-10-16(17)18/h3-4,7,9,13,19H,2,5-6,8,10-12H2,1H3. The third-order valence-electron chi connectivity index (χ3n) is 3.82. The molecule has 0 saturated heterocycles. The van der Waals surface area contributed by atoms with Crippen molar-refractivity contribution in [2.45, 2.75) is 39.0 Å². The van der Waals surface area contributed by atoms with Crippen LogP contribution in [0.4, 0.5) is 5.69 Å². The number of aryl methyl sites for hydroxylation is 1. The zero-order chi connectivity index (χ0) is 13.7. The van der Waals surface area contributed by atoms with Crippen LogP contribution in [0.25, 0.3) is 0 Å². The molecule has 1 aromatic carbocycles. The molecular weight excluding hydrogens is 254 g/mol. The van der Waals surface area contributed by atoms with Gasteiger partial charge in [-0.05, 0) is 42.6 Å². The molecule has 0 saturated carbocycles. The van der Waals surface area contributed by atoms with Crippen molar-refractivity contribution in [3.8, 4) is 0 Å². The topological polar surface area (TPSA) is 20.3 Å². The smallest absolute Gasteiger partial charge is 0.227 e. The highest BCUT2D eigenvalue weighted by atomic mass is 32.1. The van der Waals surface area contributed by atoms with Gasteiger partial charge >= 0.3 is 0 Å². The lowest BCUT2D eigenvalue weighted by Crippen LogP contribution is -2.35. The summed E-state index contributed by atoms with van der Waals surface area (Å²) in [6, 6.07) is 8.32. The highest BCUT2D eigenvalue weighted by molar-refractivity contribution is 7.80. The number of hydrogen-bond donors (Lipinski definition) is 1. The Balaban J connectivity index is 2.23. The van der Waals surface area contributed by atoms with Crippen LogP contribution in [0.5, 0.6) is 0 Å². The van der Waals surface area contributed by atoms with Crippen LogP contribution in [0, 0.1) is 5.92 Å². The summed E-state index contributed by atoms with van der Waals surface area (Å²) in [6.07, 6.45) is 4.92. The number of fused-ring (bicyclic) bond motifs is 1. The summed E-state index contributed by atoms with van der Waals surface area (Å²) < 4.78 is 0. The molecule has 19 heavy (non-hydrogen) atoms. The fourth-order valence-electron chi connectivity index (χ4n) is 2.79. The van der Waals surface area contributed by atoms with Crippen LogP contribution in [0.15, 0.2) is 24.3 Å². The molecule has 104 valence electrons. The predicted molar refractivity (Wildman–Crippen MR) is 84.0 cm³/mol. The average Bonchev–Trinajstić information content (AvgIpc) is 2.58. The van der Waals surface area contributed by atoms with Gasteiger partial charge in [0.2, 0.25) is 5.91 Å². The summed E-state index contributed by atoms with van der Waals surface area (Å²) in [7, 11) is 0. The first-order valence-corrected chi connectivity index (χ1v) is 7.88. The summed E-state index contributed by atoms with van der Waals surface area (Å²) in [5.74, 6) is 1.61. The minimum absolute atomic E-state index is 0.271. The van der Waals surface area contributed by atoms with Gasteiger partial charge in [-0.2, -0.15) is 12.6 Å². The van der Waals surface area contributed by atoms with Crippen molar-refractivity contribution in [2.75, 3.05) is 17.2 Å². The number of para-hydroxylation sites is 1. The number of benzene rings is 1. The largest absolute Gasteiger partial charge is 0.312 e. The zero-order valence-corrected chi connectivity index (χ0v) is 12.5. The predicted octanol–water partition coefficient (Wildman–Crippen LogP) is 3.70. The van der Waals surface area contributed by atoms with E-state index in [1.807, 2.05) is 11.0 Å². The molecule has 2 rings (SSSR count). The van der Waals surface area contributed by atoms with Crippen molar-refractivity contribution in [3.05, 3.63) is 29.8 Å². The van der Waals surface area contributed by atoms with Crippen LogP contribution >= 0.6 is 12.6 Å². The van der Waals surface area contributed by atoms with Crippen molar-refractivity contribution in [1.29, 1.82) is 0 Å². The Morgan fingerprint density at radius 3 is 2.84 bits per heavy atom. The Labute approximate surface area is 121 Å². The summed E-state index contributed by atoms with van der Waals surface area (Å²) in [5.41, 5.74) is 2.43. The van der Waals surface area contributed by atoms with E-state index in [0.717, 1.165) is 43.7 Å². The first kappa shape index (κ1) is 14.4. The van der Waals surface area contributed by atoms with Gasteiger partial charge in [0, 0.05) is 18.7 Å². The molecule has 2 nitrogen and oxygen atoms in total. The quantitative estimate of drug-likeness (QED) is 0.814. The van der Waals surface area contributed by atoms with E-state index < -0.39 is 0 Å². The Kier molecular flexibility index (Phi) is 5.32. The highest BCUT2D eigenvalue weighted by Gasteiger charge is 2.23. The molecule has 1 amide bonds. The van der Waals surface area contributed by atoms with Gasteiger partial charge in [0.05, 0.1) is 0 Å². The molecule has 0 aromatic heterocycles. The fraction of sp³-hybridized carbons (Fsp3) is 0.562. The van der Waals surface area contributed by atoms with Crippen LogP contribution < -0.4 is 4.90 Å². The van der Waals surface area contributed by atoms with E-state index in [2.05, 4.69) is 37.8 Å². The molecule has 3 heteroatoms. The molecule has 1 aromatic rings. The normalized spacial score (nSPS) is 16.9. The Morgan fingerprint density at radius 2 is 2.11 bits per heavy atom. The number of hydrogen-bond acceptors (Lipinski definition) is 2. The molecule has 0 fully saturated rings. The zero-order valence-electron chi connectivity index (χ0n) is 11.6. The lowest BCUT2D eigenvalue weighted by molar-refractivity contribution is -0.118. The number of thiol groups is 1. The number of rotatable bonds is 5. The van der Waals surface area contributed by atoms with E-state index in [1.54, 1.807) is 0 Å². The fourth-order valence-corrected chi connectivity index (χ4v) is 3.09. The van der Waals surface area contributed by atoms with Gasteiger partial charge in [0.1, 0.15) is 0 Å². The summed E-state index contributed by atoms with van der Waals surface area (Å²) >= 11 is 4.44. The Bertz CT molecular complexity index is 433. The first-order valence-electron chi connectivity index (χ1n) is 7.25. The van der Waals surface area contributed by atoms with E-state index >= 15 is 0 Å². The molecule has 0 N–H and O–H groups in total. The third-order valence-corrected chi connectivity index (χ3v) is 4.33. The van der Waals surface area contributed by atoms with Gasteiger partial charge in [-0.25, -0.2) is 0 Å². The average molecular weight is 277 g/mol. The van der Waals surface area contributed by atoms with Crippen LogP contribution in [-0.2, 0) is 11.2 Å². The second kappa shape index (κ2) is 6.99. The van der Waals surface area contributed by atoms with Gasteiger partial charge in [-0.15, -0.1) is 0 Å². The maximum absolute atomic E-state index is 12.3. The van der Waals surface area contributed by atoms with Gasteiger partial charge in [-0.3, -0.25) is 4.79 Å². The molecule has 1 aliphatic rings. The van der Waals surface area contributed by atoms with E-state index in [1.165, 1.54) is 5.56 Å². The highest BCUT2D eigenvalue weighted by Crippen LogP contribution is 2.28. The molecular formula is C16H23NOS. The van der Waals surface area contributed by atoms with E-state index in [0.29, 0.717) is 12.3 Å². The minimum Gasteiger partial charge on any atom is -0.312 e. The molecule has 1 aliphatic heterocycles. The lowest BCUT2D eigenvalue weighted by Gasteiger charge is -2.27. The number of carbonyl (C=O) groups is 1. The van der Waals surface area contributed by atoms with Crippen molar-refractivity contribution in [3.63, 3.8) is 0 Å². The number of amides is 1. The molecule has 0 aliphatic carbocycles. The first-order chi connectivity index (χ1) is 9.26. The van der Waals surface area contributed by atoms with Gasteiger partial charge in [-0.1, -0.05) is 31.5 Å². The minimum atomic E-state index is 0.271. The van der Waals surface area contributed by atoms with Crippen LogP contribution in [0.2, 0.25) is 0 Å². The molecule has 1 heterocycles. The Hall–Kier alpha value is -0.960. The Morgan fingerprint density at radius 1 is 1.32 bits per heavy atom. The van der Waals surface area contributed by atoms with Gasteiger partial charge in [0.15, 0.2) is 0 Å². The second-order valence-electron chi connectivity index (χ2n) is 5.32. The van der Waals surface area contributed by atoms with Crippen LogP contribution in [-0.4, -0.2) is 18.2 Å². The van der Waals surface area contributed by atoms with Crippen molar-refractivity contribution in [1.82, 2.24) is 0 Å². The SMILES string of the molecule is CCCC(CS)CN1C(=O)CCCc2ccccc21. The number of anilines is 1. The molecule has 1 atom stereocenters. The number of nitrogens with zero attached hydrogens (tertiary/aromatic N) is 1. The van der Waals surface area contributed by atoms with Crippen molar-refractivity contribution in [2.24, 2.45) is 5.92 Å². The van der Waals surface area contributed by atoms with Gasteiger partial charge < -0.3 is 4.90 Å². The summed E-state index contributed by atoms with van der Waals surface area (Å²) in [5, 5.41) is 0. The van der Waals surface area contributed by atoms with Crippen LogP contribution in [0.1, 0.15) is 38.2 Å². The van der Waals surface area contributed by atoms with E-state index in [4.69, 9.17) is 0 Å². The summed E-state index contributed by atoms with van der Waals surface area (Å²) in [6.45, 7) is 3.00. The molecule has 0 spiro atoms. The van der Waals surface area contributed by atoms with Crippen molar-refractivity contribution >= 4 is 24.2 Å². The van der Waals surface area contributed by atoms with Gasteiger partial charge in [0.25, 0.3) is 0 Å². The van der Waals surface area contributed by atoms with Crippen molar-refractivity contribution < 1.29 is 4.79 Å². The lowest BCUT2D eigenvalue weighted by atomic mass is 10.0. The second-order valence-corrected chi connectivity index (χ2v) is 5.69. The summed E-state index contributed by atoms with van der Waals surface area (Å²) in [4.78, 5) is 14.3. The molecule has 1 unspecified atom stereocenters.